The molecule has 0 aromatic heterocycles. The standard InChI is InChI=1S/C20H20F2N2O2S/c1-14(25)15-2-7-19(18(22)12-15)27-13-20(26)24-10-8-23(9-11-24)17-5-3-16(21)4-6-17/h2-7,12H,8-11,13H2,1H3. The Hall–Kier alpha value is -2.41. The number of anilines is 1. The third-order valence-electron chi connectivity index (χ3n) is 4.51. The second kappa shape index (κ2) is 8.52. The molecule has 7 heteroatoms. The van der Waals surface area contributed by atoms with Gasteiger partial charge in [-0.15, -0.1) is 11.8 Å². The Labute approximate surface area is 161 Å². The van der Waals surface area contributed by atoms with Crippen LogP contribution in [0.5, 0.6) is 0 Å². The van der Waals surface area contributed by atoms with Gasteiger partial charge in [0.15, 0.2) is 5.78 Å². The Bertz CT molecular complexity index is 834. The van der Waals surface area contributed by atoms with Crippen LogP contribution in [-0.2, 0) is 4.79 Å². The summed E-state index contributed by atoms with van der Waals surface area (Å²) in [6.45, 7) is 3.87. The lowest BCUT2D eigenvalue weighted by Gasteiger charge is -2.36. The molecule has 0 bridgehead atoms. The number of benzene rings is 2. The maximum Gasteiger partial charge on any atom is 0.233 e. The van der Waals surface area contributed by atoms with Gasteiger partial charge in [0.25, 0.3) is 0 Å². The van der Waals surface area contributed by atoms with Crippen LogP contribution in [0.4, 0.5) is 14.5 Å². The Balaban J connectivity index is 1.51. The van der Waals surface area contributed by atoms with Crippen LogP contribution in [0.3, 0.4) is 0 Å². The molecule has 0 unspecified atom stereocenters. The minimum Gasteiger partial charge on any atom is -0.368 e. The third kappa shape index (κ3) is 4.86. The zero-order valence-corrected chi connectivity index (χ0v) is 15.8. The molecule has 0 spiro atoms. The summed E-state index contributed by atoms with van der Waals surface area (Å²) >= 11 is 1.14. The maximum atomic E-state index is 14.0. The van der Waals surface area contributed by atoms with Crippen LogP contribution in [0.1, 0.15) is 17.3 Å². The van der Waals surface area contributed by atoms with E-state index >= 15 is 0 Å². The largest absolute Gasteiger partial charge is 0.368 e. The summed E-state index contributed by atoms with van der Waals surface area (Å²) < 4.78 is 27.1. The van der Waals surface area contributed by atoms with E-state index in [1.54, 1.807) is 23.1 Å². The van der Waals surface area contributed by atoms with Gasteiger partial charge in [0.2, 0.25) is 5.91 Å². The fraction of sp³-hybridized carbons (Fsp3) is 0.300. The van der Waals surface area contributed by atoms with Crippen LogP contribution >= 0.6 is 11.8 Å². The highest BCUT2D eigenvalue weighted by molar-refractivity contribution is 8.00. The number of carbonyl (C=O) groups excluding carboxylic acids is 2. The minimum absolute atomic E-state index is 0.0474. The Kier molecular flexibility index (Phi) is 6.11. The van der Waals surface area contributed by atoms with Crippen molar-refractivity contribution in [2.45, 2.75) is 11.8 Å². The van der Waals surface area contributed by atoms with Gasteiger partial charge in [0.1, 0.15) is 11.6 Å². The van der Waals surface area contributed by atoms with Crippen molar-refractivity contribution in [2.24, 2.45) is 0 Å². The van der Waals surface area contributed by atoms with Crippen LogP contribution in [0.15, 0.2) is 47.4 Å². The normalized spacial score (nSPS) is 14.3. The summed E-state index contributed by atoms with van der Waals surface area (Å²) in [7, 11) is 0. The first-order valence-corrected chi connectivity index (χ1v) is 9.64. The molecule has 3 rings (SSSR count). The molecule has 4 nitrogen and oxygen atoms in total. The van der Waals surface area contributed by atoms with Gasteiger partial charge in [0.05, 0.1) is 5.75 Å². The van der Waals surface area contributed by atoms with Crippen LogP contribution in [0, 0.1) is 11.6 Å². The fourth-order valence-electron chi connectivity index (χ4n) is 2.93. The van der Waals surface area contributed by atoms with Gasteiger partial charge in [-0.3, -0.25) is 9.59 Å². The summed E-state index contributed by atoms with van der Waals surface area (Å²) in [5, 5.41) is 0. The third-order valence-corrected chi connectivity index (χ3v) is 5.55. The van der Waals surface area contributed by atoms with Gasteiger partial charge in [-0.05, 0) is 43.3 Å². The predicted octanol–water partition coefficient (Wildman–Crippen LogP) is 3.61. The van der Waals surface area contributed by atoms with Gasteiger partial charge in [-0.1, -0.05) is 6.07 Å². The molecule has 1 aliphatic rings. The summed E-state index contributed by atoms with van der Waals surface area (Å²) in [6.07, 6.45) is 0. The average Bonchev–Trinajstić information content (AvgIpc) is 2.67. The molecule has 27 heavy (non-hydrogen) atoms. The highest BCUT2D eigenvalue weighted by Crippen LogP contribution is 2.24. The van der Waals surface area contributed by atoms with Crippen molar-refractivity contribution in [2.75, 3.05) is 36.8 Å². The lowest BCUT2D eigenvalue weighted by atomic mass is 10.1. The highest BCUT2D eigenvalue weighted by Gasteiger charge is 2.21. The number of hydrogen-bond donors (Lipinski definition) is 0. The van der Waals surface area contributed by atoms with E-state index in [1.807, 2.05) is 0 Å². The van der Waals surface area contributed by atoms with E-state index in [0.29, 0.717) is 36.6 Å². The van der Waals surface area contributed by atoms with E-state index in [1.165, 1.54) is 31.2 Å². The molecule has 142 valence electrons. The second-order valence-corrected chi connectivity index (χ2v) is 7.35. The predicted molar refractivity (Wildman–Crippen MR) is 102 cm³/mol. The van der Waals surface area contributed by atoms with E-state index in [9.17, 15) is 18.4 Å². The lowest BCUT2D eigenvalue weighted by molar-refractivity contribution is -0.128. The molecule has 0 aliphatic carbocycles. The van der Waals surface area contributed by atoms with E-state index in [2.05, 4.69) is 4.90 Å². The number of carbonyl (C=O) groups is 2. The van der Waals surface area contributed by atoms with E-state index in [-0.39, 0.29) is 23.3 Å². The molecule has 2 aromatic carbocycles. The van der Waals surface area contributed by atoms with E-state index in [4.69, 9.17) is 0 Å². The molecular weight excluding hydrogens is 370 g/mol. The van der Waals surface area contributed by atoms with Crippen LogP contribution in [0.2, 0.25) is 0 Å². The minimum atomic E-state index is -0.485. The molecule has 0 atom stereocenters. The first-order valence-electron chi connectivity index (χ1n) is 8.65. The number of ketones is 1. The van der Waals surface area contributed by atoms with E-state index in [0.717, 1.165) is 17.4 Å². The van der Waals surface area contributed by atoms with Crippen molar-refractivity contribution < 1.29 is 18.4 Å². The smallest absolute Gasteiger partial charge is 0.233 e. The number of Topliss-reactive ketones (excluding diaryl/α,β-unsaturated/α-hetero) is 1. The van der Waals surface area contributed by atoms with Gasteiger partial charge in [0, 0.05) is 42.3 Å². The topological polar surface area (TPSA) is 40.6 Å². The number of rotatable bonds is 5. The number of thioether (sulfide) groups is 1. The quantitative estimate of drug-likeness (QED) is 0.578. The molecule has 1 amide bonds. The van der Waals surface area contributed by atoms with E-state index < -0.39 is 5.82 Å². The molecule has 2 aromatic rings. The van der Waals surface area contributed by atoms with Gasteiger partial charge in [-0.25, -0.2) is 8.78 Å². The average molecular weight is 390 g/mol. The summed E-state index contributed by atoms with van der Waals surface area (Å²) in [5.41, 5.74) is 1.26. The molecule has 0 N–H and O–H groups in total. The van der Waals surface area contributed by atoms with Crippen molar-refractivity contribution in [3.63, 3.8) is 0 Å². The number of amides is 1. The molecule has 1 aliphatic heterocycles. The van der Waals surface area contributed by atoms with Crippen molar-refractivity contribution >= 4 is 29.1 Å². The molecular formula is C20H20F2N2O2S. The lowest BCUT2D eigenvalue weighted by Crippen LogP contribution is -2.49. The fourth-order valence-corrected chi connectivity index (χ4v) is 3.76. The molecule has 0 radical (unpaired) electrons. The number of halogens is 2. The second-order valence-electron chi connectivity index (χ2n) is 6.33. The monoisotopic (exact) mass is 390 g/mol. The number of piperazine rings is 1. The van der Waals surface area contributed by atoms with Crippen LogP contribution in [-0.4, -0.2) is 48.5 Å². The van der Waals surface area contributed by atoms with Gasteiger partial charge >= 0.3 is 0 Å². The Morgan fingerprint density at radius 3 is 2.26 bits per heavy atom. The SMILES string of the molecule is CC(=O)c1ccc(SCC(=O)N2CCN(c3ccc(F)cc3)CC2)c(F)c1. The molecule has 0 saturated carbocycles. The van der Waals surface area contributed by atoms with Crippen LogP contribution < -0.4 is 4.90 Å². The molecule has 1 saturated heterocycles. The van der Waals surface area contributed by atoms with Crippen molar-refractivity contribution in [1.82, 2.24) is 4.90 Å². The molecule has 1 heterocycles. The molecule has 1 fully saturated rings. The first kappa shape index (κ1) is 19.4. The van der Waals surface area contributed by atoms with Crippen molar-refractivity contribution in [3.8, 4) is 0 Å². The highest BCUT2D eigenvalue weighted by atomic mass is 32.2. The van der Waals surface area contributed by atoms with Gasteiger partial charge < -0.3 is 9.80 Å². The Morgan fingerprint density at radius 2 is 1.67 bits per heavy atom. The van der Waals surface area contributed by atoms with Crippen molar-refractivity contribution in [1.29, 1.82) is 0 Å². The van der Waals surface area contributed by atoms with Crippen LogP contribution in [0.25, 0.3) is 0 Å². The summed E-state index contributed by atoms with van der Waals surface area (Å²) in [6, 6.07) is 10.6. The maximum absolute atomic E-state index is 14.0. The van der Waals surface area contributed by atoms with Gasteiger partial charge in [-0.2, -0.15) is 0 Å². The zero-order valence-electron chi connectivity index (χ0n) is 15.0. The Morgan fingerprint density at radius 1 is 1.00 bits per heavy atom. The first-order chi connectivity index (χ1) is 12.9. The summed E-state index contributed by atoms with van der Waals surface area (Å²) in [4.78, 5) is 27.9. The zero-order chi connectivity index (χ0) is 19.4. The number of nitrogens with zero attached hydrogens (tertiary/aromatic N) is 2. The van der Waals surface area contributed by atoms with Crippen molar-refractivity contribution in [3.05, 3.63) is 59.7 Å². The summed E-state index contributed by atoms with van der Waals surface area (Å²) in [5.74, 6) is -0.850. The number of hydrogen-bond acceptors (Lipinski definition) is 4.